The highest BCUT2D eigenvalue weighted by atomic mass is 16.7. The van der Waals surface area contributed by atoms with Gasteiger partial charge in [-0.25, -0.2) is 4.79 Å². The molecule has 1 heterocycles. The Labute approximate surface area is 68.0 Å². The predicted octanol–water partition coefficient (Wildman–Crippen LogP) is -2.10. The Morgan fingerprint density at radius 3 is 2.50 bits per heavy atom. The van der Waals surface area contributed by atoms with Gasteiger partial charge in [0.2, 0.25) is 0 Å². The lowest BCUT2D eigenvalue weighted by Gasteiger charge is -2.16. The third-order valence-electron chi connectivity index (χ3n) is 1.78. The fourth-order valence-corrected chi connectivity index (χ4v) is 1.09. The number of aliphatic hydroxyl groups is 3. The van der Waals surface area contributed by atoms with Crippen molar-refractivity contribution in [3.63, 3.8) is 0 Å². The fourth-order valence-electron chi connectivity index (χ4n) is 1.09. The average Bonchev–Trinajstić information content (AvgIpc) is 2.27. The molecular formula is C6H10O6. The second kappa shape index (κ2) is 2.98. The summed E-state index contributed by atoms with van der Waals surface area (Å²) in [6.07, 6.45) is -2.59. The molecule has 1 fully saturated rings. The minimum absolute atomic E-state index is 0.423. The molecule has 0 saturated carbocycles. The van der Waals surface area contributed by atoms with Gasteiger partial charge in [-0.05, 0) is 0 Å². The number of hydrogen-bond donors (Lipinski definition) is 4. The molecule has 0 amide bonds. The maximum Gasteiger partial charge on any atom is 0.364 e. The van der Waals surface area contributed by atoms with Gasteiger partial charge in [-0.1, -0.05) is 0 Å². The average molecular weight is 178 g/mol. The molecule has 70 valence electrons. The lowest BCUT2D eigenvalue weighted by molar-refractivity contribution is -0.219. The van der Waals surface area contributed by atoms with Gasteiger partial charge in [-0.15, -0.1) is 0 Å². The first kappa shape index (κ1) is 9.40. The van der Waals surface area contributed by atoms with Crippen LogP contribution in [0.5, 0.6) is 0 Å². The largest absolute Gasteiger partial charge is 0.477 e. The first-order valence-corrected chi connectivity index (χ1v) is 3.42. The van der Waals surface area contributed by atoms with Crippen molar-refractivity contribution in [3.05, 3.63) is 0 Å². The zero-order chi connectivity index (χ0) is 9.35. The molecule has 0 bridgehead atoms. The summed E-state index contributed by atoms with van der Waals surface area (Å²) in [6.45, 7) is -0.517. The molecule has 1 saturated heterocycles. The highest BCUT2D eigenvalue weighted by Gasteiger charge is 2.50. The third kappa shape index (κ3) is 1.42. The van der Waals surface area contributed by atoms with Gasteiger partial charge >= 0.3 is 5.97 Å². The van der Waals surface area contributed by atoms with E-state index in [1.165, 1.54) is 0 Å². The van der Waals surface area contributed by atoms with Crippen LogP contribution in [0.2, 0.25) is 0 Å². The quantitative estimate of drug-likeness (QED) is 0.386. The van der Waals surface area contributed by atoms with E-state index in [1.54, 1.807) is 0 Å². The van der Waals surface area contributed by atoms with E-state index < -0.39 is 37.0 Å². The number of aliphatic hydroxyl groups excluding tert-OH is 2. The smallest absolute Gasteiger partial charge is 0.364 e. The van der Waals surface area contributed by atoms with Crippen LogP contribution in [0.15, 0.2) is 0 Å². The van der Waals surface area contributed by atoms with Crippen molar-refractivity contribution in [2.45, 2.75) is 24.4 Å². The zero-order valence-electron chi connectivity index (χ0n) is 6.17. The number of carboxylic acids is 1. The summed E-state index contributed by atoms with van der Waals surface area (Å²) in [5.41, 5.74) is 0. The van der Waals surface area contributed by atoms with Gasteiger partial charge < -0.3 is 25.2 Å². The van der Waals surface area contributed by atoms with Crippen molar-refractivity contribution >= 4 is 5.97 Å². The molecule has 0 aromatic heterocycles. The Balaban J connectivity index is 2.70. The number of ether oxygens (including phenoxy) is 1. The van der Waals surface area contributed by atoms with Gasteiger partial charge in [0.1, 0.15) is 6.10 Å². The summed E-state index contributed by atoms with van der Waals surface area (Å²) >= 11 is 0. The molecule has 0 spiro atoms. The van der Waals surface area contributed by atoms with Crippen LogP contribution >= 0.6 is 0 Å². The van der Waals surface area contributed by atoms with E-state index in [1.807, 2.05) is 0 Å². The van der Waals surface area contributed by atoms with Crippen molar-refractivity contribution in [2.75, 3.05) is 6.61 Å². The Kier molecular flexibility index (Phi) is 2.34. The molecule has 0 aromatic rings. The van der Waals surface area contributed by atoms with Crippen molar-refractivity contribution in [1.29, 1.82) is 0 Å². The van der Waals surface area contributed by atoms with Gasteiger partial charge in [0.05, 0.1) is 12.7 Å². The molecule has 1 aliphatic rings. The van der Waals surface area contributed by atoms with Crippen LogP contribution in [0.4, 0.5) is 0 Å². The van der Waals surface area contributed by atoms with Gasteiger partial charge in [-0.3, -0.25) is 0 Å². The monoisotopic (exact) mass is 178 g/mol. The van der Waals surface area contributed by atoms with Crippen LogP contribution in [0, 0.1) is 0 Å². The van der Waals surface area contributed by atoms with E-state index >= 15 is 0 Å². The lowest BCUT2D eigenvalue weighted by Crippen LogP contribution is -2.38. The summed E-state index contributed by atoms with van der Waals surface area (Å²) in [7, 11) is 0. The van der Waals surface area contributed by atoms with E-state index in [0.717, 1.165) is 0 Å². The molecule has 3 unspecified atom stereocenters. The molecule has 12 heavy (non-hydrogen) atoms. The van der Waals surface area contributed by atoms with Gasteiger partial charge in [0.25, 0.3) is 5.79 Å². The van der Waals surface area contributed by atoms with E-state index in [9.17, 15) is 4.79 Å². The van der Waals surface area contributed by atoms with E-state index in [0.29, 0.717) is 0 Å². The molecule has 1 rings (SSSR count). The second-order valence-electron chi connectivity index (χ2n) is 2.70. The highest BCUT2D eigenvalue weighted by Crippen LogP contribution is 2.28. The fraction of sp³-hybridized carbons (Fsp3) is 0.833. The first-order chi connectivity index (χ1) is 5.49. The summed E-state index contributed by atoms with van der Waals surface area (Å²) in [5.74, 6) is -3.91. The molecule has 0 radical (unpaired) electrons. The number of rotatable bonds is 2. The molecule has 6 nitrogen and oxygen atoms in total. The van der Waals surface area contributed by atoms with E-state index in [-0.39, 0.29) is 0 Å². The zero-order valence-corrected chi connectivity index (χ0v) is 6.17. The number of carboxylic acid groups (broad SMARTS) is 1. The van der Waals surface area contributed by atoms with E-state index in [2.05, 4.69) is 4.74 Å². The van der Waals surface area contributed by atoms with E-state index in [4.69, 9.17) is 20.4 Å². The minimum Gasteiger partial charge on any atom is -0.477 e. The molecule has 1 aliphatic heterocycles. The number of carbonyl (C=O) groups is 1. The molecule has 0 aliphatic carbocycles. The Bertz CT molecular complexity index is 192. The van der Waals surface area contributed by atoms with Crippen LogP contribution < -0.4 is 0 Å². The topological polar surface area (TPSA) is 107 Å². The van der Waals surface area contributed by atoms with Crippen LogP contribution in [0.25, 0.3) is 0 Å². The lowest BCUT2D eigenvalue weighted by atomic mass is 10.1. The van der Waals surface area contributed by atoms with Crippen LogP contribution in [-0.2, 0) is 9.53 Å². The van der Waals surface area contributed by atoms with Crippen molar-refractivity contribution < 1.29 is 30.0 Å². The molecular weight excluding hydrogens is 168 g/mol. The highest BCUT2D eigenvalue weighted by molar-refractivity contribution is 5.75. The normalized spacial score (nSPS) is 41.6. The predicted molar refractivity (Wildman–Crippen MR) is 35.2 cm³/mol. The van der Waals surface area contributed by atoms with Crippen molar-refractivity contribution in [1.82, 2.24) is 0 Å². The summed E-state index contributed by atoms with van der Waals surface area (Å²) in [4.78, 5) is 10.4. The summed E-state index contributed by atoms with van der Waals surface area (Å²) in [6, 6.07) is 0. The van der Waals surface area contributed by atoms with Crippen LogP contribution in [0.1, 0.15) is 6.42 Å². The standard InChI is InChI=1S/C6H10O6/c7-2-4-3(8)1-6(11,12-4)5(9)10/h3-4,7-8,11H,1-2H2,(H,9,10). The second-order valence-corrected chi connectivity index (χ2v) is 2.70. The van der Waals surface area contributed by atoms with Crippen LogP contribution in [0.3, 0.4) is 0 Å². The maximum absolute atomic E-state index is 10.4. The summed E-state index contributed by atoms with van der Waals surface area (Å²) in [5, 5.41) is 35.2. The van der Waals surface area contributed by atoms with Gasteiger partial charge in [0.15, 0.2) is 0 Å². The molecule has 6 heteroatoms. The minimum atomic E-state index is -2.35. The van der Waals surface area contributed by atoms with Crippen LogP contribution in [-0.4, -0.2) is 51.0 Å². The number of hydrogen-bond acceptors (Lipinski definition) is 5. The molecule has 0 aromatic carbocycles. The third-order valence-corrected chi connectivity index (χ3v) is 1.78. The molecule has 3 atom stereocenters. The Hall–Kier alpha value is -0.690. The maximum atomic E-state index is 10.4. The SMILES string of the molecule is O=C(O)C1(O)CC(O)C(CO)O1. The summed E-state index contributed by atoms with van der Waals surface area (Å²) < 4.78 is 4.53. The van der Waals surface area contributed by atoms with Crippen molar-refractivity contribution in [3.8, 4) is 0 Å². The Morgan fingerprint density at radius 2 is 2.25 bits per heavy atom. The van der Waals surface area contributed by atoms with Gasteiger partial charge in [-0.2, -0.15) is 0 Å². The molecule has 4 N–H and O–H groups in total. The van der Waals surface area contributed by atoms with Crippen molar-refractivity contribution in [2.24, 2.45) is 0 Å². The number of aliphatic carboxylic acids is 1. The van der Waals surface area contributed by atoms with Gasteiger partial charge in [0, 0.05) is 6.42 Å². The first-order valence-electron chi connectivity index (χ1n) is 3.42. The Morgan fingerprint density at radius 1 is 1.67 bits per heavy atom.